The van der Waals surface area contributed by atoms with Crippen LogP contribution in [-0.2, 0) is 33.4 Å². The molecule has 1 saturated heterocycles. The van der Waals surface area contributed by atoms with E-state index in [-0.39, 0.29) is 48.4 Å². The van der Waals surface area contributed by atoms with Gasteiger partial charge in [-0.15, -0.1) is 0 Å². The minimum absolute atomic E-state index is 0.0910. The number of ether oxygens (including phenoxy) is 4. The van der Waals surface area contributed by atoms with Gasteiger partial charge in [-0.25, -0.2) is 4.79 Å². The maximum Gasteiger partial charge on any atom is 0.343 e. The number of nitrogens with one attached hydrogen (secondary N) is 2. The number of piperidine rings is 1. The molecule has 4 rings (SSSR count). The summed E-state index contributed by atoms with van der Waals surface area (Å²) in [6.45, 7) is 18.2. The first-order valence-electron chi connectivity index (χ1n) is 18.7. The Morgan fingerprint density at radius 2 is 1.40 bits per heavy atom. The normalized spacial score (nSPS) is 16.3. The van der Waals surface area contributed by atoms with Gasteiger partial charge in [-0.1, -0.05) is 11.2 Å². The van der Waals surface area contributed by atoms with Crippen molar-refractivity contribution < 1.29 is 43.0 Å². The number of hydrogen-bond acceptors (Lipinski definition) is 12. The van der Waals surface area contributed by atoms with E-state index in [1.165, 1.54) is 0 Å². The molecule has 0 atom stereocenters. The quantitative estimate of drug-likeness (QED) is 0.0705. The Morgan fingerprint density at radius 1 is 0.855 bits per heavy atom. The number of anilines is 1. The van der Waals surface area contributed by atoms with Crippen molar-refractivity contribution in [2.24, 2.45) is 10.9 Å². The van der Waals surface area contributed by atoms with Gasteiger partial charge in [0.2, 0.25) is 0 Å². The average Bonchev–Trinajstić information content (AvgIpc) is 3.44. The molecule has 0 aromatic heterocycles. The number of esters is 4. The van der Waals surface area contributed by atoms with Gasteiger partial charge in [-0.2, -0.15) is 0 Å². The number of carbonyl (C=O) groups is 4. The minimum Gasteiger partial charge on any atom is -0.460 e. The Hall–Kier alpha value is -4.98. The summed E-state index contributed by atoms with van der Waals surface area (Å²) in [6.07, 6.45) is 1.48. The van der Waals surface area contributed by atoms with Crippen LogP contribution in [0.3, 0.4) is 0 Å². The summed E-state index contributed by atoms with van der Waals surface area (Å²) in [7, 11) is 0. The van der Waals surface area contributed by atoms with Crippen LogP contribution in [0, 0.1) is 5.41 Å². The first kappa shape index (κ1) is 42.8. The van der Waals surface area contributed by atoms with E-state index < -0.39 is 40.3 Å². The van der Waals surface area contributed by atoms with Crippen LogP contribution in [-0.4, -0.2) is 82.5 Å². The van der Waals surface area contributed by atoms with Crippen molar-refractivity contribution in [3.63, 3.8) is 0 Å². The molecule has 0 bridgehead atoms. The summed E-state index contributed by atoms with van der Waals surface area (Å²) < 4.78 is 22.6. The number of nitrogens with zero attached hydrogens (tertiary/aromatic N) is 2. The van der Waals surface area contributed by atoms with Gasteiger partial charge in [0.15, 0.2) is 11.6 Å². The zero-order chi connectivity index (χ0) is 40.8. The summed E-state index contributed by atoms with van der Waals surface area (Å²) in [6, 6.07) is 11.8. The van der Waals surface area contributed by atoms with E-state index in [0.29, 0.717) is 29.9 Å². The number of nitrogens with two attached hydrogens (primary N) is 1. The van der Waals surface area contributed by atoms with Crippen molar-refractivity contribution in [2.75, 3.05) is 25.0 Å². The van der Waals surface area contributed by atoms with Crippen LogP contribution < -0.4 is 15.8 Å². The maximum atomic E-state index is 13.3. The number of likely N-dealkylation sites (tertiary alicyclic amines) is 1. The fraction of sp³-hybridized carbons (Fsp3) is 0.561. The molecule has 300 valence electrons. The van der Waals surface area contributed by atoms with E-state index in [0.717, 1.165) is 31.5 Å². The molecule has 0 spiro atoms. The second kappa shape index (κ2) is 17.2. The van der Waals surface area contributed by atoms with E-state index >= 15 is 0 Å². The summed E-state index contributed by atoms with van der Waals surface area (Å²) in [5.74, 6) is -1.78. The molecular weight excluding hydrogens is 706 g/mol. The van der Waals surface area contributed by atoms with Gasteiger partial charge in [0.05, 0.1) is 30.5 Å². The summed E-state index contributed by atoms with van der Waals surface area (Å²) in [5, 5.41) is 14.6. The number of guanidine groups is 1. The third-order valence-electron chi connectivity index (χ3n) is 8.64. The molecule has 55 heavy (non-hydrogen) atoms. The highest BCUT2D eigenvalue weighted by Gasteiger charge is 2.46. The second-order valence-corrected chi connectivity index (χ2v) is 17.2. The largest absolute Gasteiger partial charge is 0.460 e. The zero-order valence-electron chi connectivity index (χ0n) is 33.6. The molecular formula is C41H57N5O9. The molecule has 1 fully saturated rings. The molecule has 14 heteroatoms. The lowest BCUT2D eigenvalue weighted by atomic mass is 9.82. The van der Waals surface area contributed by atoms with Crippen molar-refractivity contribution in [2.45, 2.75) is 129 Å². The first-order chi connectivity index (χ1) is 25.5. The van der Waals surface area contributed by atoms with E-state index in [9.17, 15) is 19.2 Å². The van der Waals surface area contributed by atoms with Gasteiger partial charge in [-0.05, 0) is 136 Å². The van der Waals surface area contributed by atoms with Crippen LogP contribution in [0.4, 0.5) is 5.69 Å². The lowest BCUT2D eigenvalue weighted by Crippen LogP contribution is -2.39. The summed E-state index contributed by atoms with van der Waals surface area (Å²) in [5.41, 5.74) is 4.95. The van der Waals surface area contributed by atoms with Crippen LogP contribution >= 0.6 is 0 Å². The molecule has 2 aliphatic heterocycles. The van der Waals surface area contributed by atoms with Crippen molar-refractivity contribution in [3.8, 4) is 5.75 Å². The first-order valence-corrected chi connectivity index (χ1v) is 18.7. The number of benzene rings is 2. The minimum atomic E-state index is -1.37. The molecule has 0 saturated carbocycles. The van der Waals surface area contributed by atoms with Crippen LogP contribution in [0.25, 0.3) is 0 Å². The van der Waals surface area contributed by atoms with Gasteiger partial charge in [0, 0.05) is 24.2 Å². The molecule has 0 amide bonds. The number of rotatable bonds is 12. The molecule has 4 N–H and O–H groups in total. The number of carbonyl (C=O) groups excluding carboxylic acids is 4. The predicted molar refractivity (Wildman–Crippen MR) is 208 cm³/mol. The van der Waals surface area contributed by atoms with Crippen LogP contribution in [0.15, 0.2) is 47.6 Å². The van der Waals surface area contributed by atoms with Crippen LogP contribution in [0.1, 0.15) is 128 Å². The SMILES string of the molecule is CC(C)(C)OC(=O)CCN1CCC(c2ccc(OC(=O)c3ccc(NC(=N)N)cc3)cc2C2=NOC(CC(=O)OC(C)(C)C)(CC(=O)OC(C)(C)C)C2)CC1. The van der Waals surface area contributed by atoms with E-state index in [1.807, 2.05) is 26.8 Å². The molecule has 2 aliphatic rings. The van der Waals surface area contributed by atoms with Gasteiger partial charge in [0.1, 0.15) is 22.6 Å². The third kappa shape index (κ3) is 13.7. The van der Waals surface area contributed by atoms with Crippen molar-refractivity contribution in [3.05, 3.63) is 59.2 Å². The second-order valence-electron chi connectivity index (χ2n) is 17.2. The highest BCUT2D eigenvalue weighted by atomic mass is 16.7. The number of hydrogen-bond donors (Lipinski definition) is 3. The van der Waals surface area contributed by atoms with Gasteiger partial charge in [-0.3, -0.25) is 19.8 Å². The fourth-order valence-corrected chi connectivity index (χ4v) is 6.52. The smallest absolute Gasteiger partial charge is 0.343 e. The number of oxime groups is 1. The lowest BCUT2D eigenvalue weighted by Gasteiger charge is -2.33. The molecule has 0 unspecified atom stereocenters. The topological polar surface area (TPSA) is 192 Å². The van der Waals surface area contributed by atoms with E-state index in [1.54, 1.807) is 77.9 Å². The molecule has 0 radical (unpaired) electrons. The molecule has 0 aliphatic carbocycles. The molecule has 2 heterocycles. The Morgan fingerprint density at radius 3 is 1.93 bits per heavy atom. The van der Waals surface area contributed by atoms with Crippen molar-refractivity contribution >= 4 is 41.2 Å². The average molecular weight is 764 g/mol. The van der Waals surface area contributed by atoms with Crippen molar-refractivity contribution in [1.82, 2.24) is 4.90 Å². The van der Waals surface area contributed by atoms with Gasteiger partial charge >= 0.3 is 23.9 Å². The van der Waals surface area contributed by atoms with Crippen LogP contribution in [0.2, 0.25) is 0 Å². The zero-order valence-corrected chi connectivity index (χ0v) is 33.6. The van der Waals surface area contributed by atoms with E-state index in [2.05, 4.69) is 15.4 Å². The summed E-state index contributed by atoms with van der Waals surface area (Å²) in [4.78, 5) is 60.3. The Labute approximate surface area is 323 Å². The van der Waals surface area contributed by atoms with Crippen molar-refractivity contribution in [1.29, 1.82) is 5.41 Å². The molecule has 2 aromatic carbocycles. The summed E-state index contributed by atoms with van der Waals surface area (Å²) >= 11 is 0. The van der Waals surface area contributed by atoms with Crippen LogP contribution in [0.5, 0.6) is 5.75 Å². The predicted octanol–water partition coefficient (Wildman–Crippen LogP) is 6.45. The lowest BCUT2D eigenvalue weighted by molar-refractivity contribution is -0.169. The molecule has 2 aromatic rings. The Bertz CT molecular complexity index is 1730. The fourth-order valence-electron chi connectivity index (χ4n) is 6.52. The standard InChI is InChI=1S/C41H57N5O9/c1-38(2,3)52-33(47)18-21-46-19-16-26(17-20-46)30-15-14-29(51-36(50)27-10-12-28(13-11-27)44-37(42)43)22-31(30)32-23-41(55-45-32,24-34(48)53-39(4,5)6)25-35(49)54-40(7,8)9/h10-15,22,26H,16-21,23-25H2,1-9H3,(H4,42,43,44). The Kier molecular flexibility index (Phi) is 13.4. The van der Waals surface area contributed by atoms with Gasteiger partial charge < -0.3 is 39.7 Å². The maximum absolute atomic E-state index is 13.3. The third-order valence-corrected chi connectivity index (χ3v) is 8.64. The van der Waals surface area contributed by atoms with E-state index in [4.69, 9.17) is 34.9 Å². The Balaban J connectivity index is 1.61. The monoisotopic (exact) mass is 763 g/mol. The molecule has 14 nitrogen and oxygen atoms in total. The van der Waals surface area contributed by atoms with Gasteiger partial charge in [0.25, 0.3) is 0 Å². The highest BCUT2D eigenvalue weighted by molar-refractivity contribution is 6.04. The highest BCUT2D eigenvalue weighted by Crippen LogP contribution is 2.39.